The van der Waals surface area contributed by atoms with E-state index >= 15 is 0 Å². The SMILES string of the molecule is O=C([Se])[C@H](CS)Nc1ccccc1. The maximum absolute atomic E-state index is 11.0. The van der Waals surface area contributed by atoms with Crippen molar-refractivity contribution in [2.24, 2.45) is 0 Å². The molecule has 1 aromatic carbocycles. The fraction of sp³-hybridized carbons (Fsp3) is 0.222. The molecule has 0 aliphatic rings. The second kappa shape index (κ2) is 5.32. The van der Waals surface area contributed by atoms with Crippen LogP contribution in [0.1, 0.15) is 0 Å². The average molecular weight is 259 g/mol. The van der Waals surface area contributed by atoms with Gasteiger partial charge in [0.15, 0.2) is 0 Å². The Morgan fingerprint density at radius 1 is 1.46 bits per heavy atom. The van der Waals surface area contributed by atoms with Gasteiger partial charge < -0.3 is 0 Å². The minimum absolute atomic E-state index is 0.0150. The van der Waals surface area contributed by atoms with Gasteiger partial charge in [-0.1, -0.05) is 0 Å². The van der Waals surface area contributed by atoms with Gasteiger partial charge in [-0.2, -0.15) is 0 Å². The predicted octanol–water partition coefficient (Wildman–Crippen LogP) is 1.09. The van der Waals surface area contributed by atoms with Gasteiger partial charge in [0.25, 0.3) is 0 Å². The van der Waals surface area contributed by atoms with Gasteiger partial charge in [-0.05, 0) is 0 Å². The van der Waals surface area contributed by atoms with E-state index in [1.807, 2.05) is 30.3 Å². The number of hydrogen-bond acceptors (Lipinski definition) is 3. The number of anilines is 1. The van der Waals surface area contributed by atoms with Crippen molar-refractivity contribution in [1.29, 1.82) is 0 Å². The molecule has 0 heterocycles. The van der Waals surface area contributed by atoms with Crippen molar-refractivity contribution in [2.75, 3.05) is 11.1 Å². The summed E-state index contributed by atoms with van der Waals surface area (Å²) in [5.41, 5.74) is 0.935. The minimum atomic E-state index is -0.245. The molecule has 1 atom stereocenters. The van der Waals surface area contributed by atoms with Crippen molar-refractivity contribution in [3.8, 4) is 0 Å². The van der Waals surface area contributed by atoms with Gasteiger partial charge in [-0.3, -0.25) is 0 Å². The van der Waals surface area contributed by atoms with Crippen LogP contribution in [-0.2, 0) is 4.79 Å². The van der Waals surface area contributed by atoms with Crippen LogP contribution in [-0.4, -0.2) is 32.5 Å². The van der Waals surface area contributed by atoms with Crippen molar-refractivity contribution in [1.82, 2.24) is 0 Å². The molecule has 69 valence electrons. The molecular weight excluding hydrogens is 249 g/mol. The molecule has 0 aromatic heterocycles. The van der Waals surface area contributed by atoms with Crippen LogP contribution in [0.3, 0.4) is 0 Å². The number of thiol groups is 1. The molecule has 0 aliphatic carbocycles. The number of hydrogen-bond donors (Lipinski definition) is 2. The predicted molar refractivity (Wildman–Crippen MR) is 58.5 cm³/mol. The third-order valence-electron chi connectivity index (χ3n) is 1.58. The Balaban J connectivity index is 2.62. The first-order chi connectivity index (χ1) is 6.24. The molecule has 0 saturated heterocycles. The van der Waals surface area contributed by atoms with E-state index in [1.54, 1.807) is 0 Å². The van der Waals surface area contributed by atoms with E-state index in [4.69, 9.17) is 0 Å². The summed E-state index contributed by atoms with van der Waals surface area (Å²) in [6.45, 7) is 0. The van der Waals surface area contributed by atoms with Crippen LogP contribution in [0.15, 0.2) is 30.3 Å². The topological polar surface area (TPSA) is 29.1 Å². The molecule has 4 heteroatoms. The molecular formula is C9H10NOSSe. The quantitative estimate of drug-likeness (QED) is 0.626. The van der Waals surface area contributed by atoms with E-state index in [-0.39, 0.29) is 10.7 Å². The number of benzene rings is 1. The van der Waals surface area contributed by atoms with Crippen LogP contribution < -0.4 is 5.32 Å². The Hall–Kier alpha value is -0.441. The summed E-state index contributed by atoms with van der Waals surface area (Å²) < 4.78 is -0.0150. The summed E-state index contributed by atoms with van der Waals surface area (Å²) in [6, 6.07) is 9.36. The van der Waals surface area contributed by atoms with Crippen molar-refractivity contribution >= 4 is 39.0 Å². The Morgan fingerprint density at radius 3 is 2.54 bits per heavy atom. The first kappa shape index (κ1) is 10.6. The van der Waals surface area contributed by atoms with Crippen LogP contribution in [0.2, 0.25) is 0 Å². The van der Waals surface area contributed by atoms with E-state index in [0.717, 1.165) is 5.69 Å². The molecule has 0 amide bonds. The zero-order valence-corrected chi connectivity index (χ0v) is 9.54. The molecule has 1 radical (unpaired) electrons. The molecule has 13 heavy (non-hydrogen) atoms. The molecule has 1 rings (SSSR count). The van der Waals surface area contributed by atoms with Gasteiger partial charge in [0.2, 0.25) is 0 Å². The van der Waals surface area contributed by atoms with Gasteiger partial charge >= 0.3 is 91.2 Å². The van der Waals surface area contributed by atoms with E-state index < -0.39 is 0 Å². The normalized spacial score (nSPS) is 12.1. The van der Waals surface area contributed by atoms with Gasteiger partial charge in [0, 0.05) is 0 Å². The first-order valence-corrected chi connectivity index (χ1v) is 5.36. The zero-order chi connectivity index (χ0) is 9.68. The van der Waals surface area contributed by atoms with E-state index in [1.165, 1.54) is 0 Å². The summed E-state index contributed by atoms with van der Waals surface area (Å²) in [5, 5.41) is 3.07. The van der Waals surface area contributed by atoms with Crippen LogP contribution in [0.25, 0.3) is 0 Å². The summed E-state index contributed by atoms with van der Waals surface area (Å²) in [6.07, 6.45) is 0. The fourth-order valence-electron chi connectivity index (χ4n) is 0.915. The van der Waals surface area contributed by atoms with Crippen molar-refractivity contribution in [3.05, 3.63) is 30.3 Å². The third kappa shape index (κ3) is 3.43. The van der Waals surface area contributed by atoms with Crippen LogP contribution in [0.4, 0.5) is 5.69 Å². The van der Waals surface area contributed by atoms with Crippen LogP contribution in [0, 0.1) is 0 Å². The molecule has 0 fully saturated rings. The third-order valence-corrected chi connectivity index (χ3v) is 2.54. The van der Waals surface area contributed by atoms with Gasteiger partial charge in [-0.15, -0.1) is 0 Å². The summed E-state index contributed by atoms with van der Waals surface area (Å²) in [7, 11) is 0. The molecule has 1 aromatic rings. The van der Waals surface area contributed by atoms with Crippen LogP contribution in [0.5, 0.6) is 0 Å². The number of carbonyl (C=O) groups is 1. The second-order valence-corrected chi connectivity index (χ2v) is 3.77. The number of para-hydroxylation sites is 1. The first-order valence-electron chi connectivity index (χ1n) is 3.87. The molecule has 0 aliphatic heterocycles. The van der Waals surface area contributed by atoms with Crippen molar-refractivity contribution < 1.29 is 4.79 Å². The molecule has 1 N–H and O–H groups in total. The molecule has 2 nitrogen and oxygen atoms in total. The molecule has 0 spiro atoms. The molecule has 0 unspecified atom stereocenters. The van der Waals surface area contributed by atoms with E-state index in [0.29, 0.717) is 5.75 Å². The molecule has 0 saturated carbocycles. The van der Waals surface area contributed by atoms with E-state index in [9.17, 15) is 4.79 Å². The van der Waals surface area contributed by atoms with E-state index in [2.05, 4.69) is 34.0 Å². The van der Waals surface area contributed by atoms with Crippen molar-refractivity contribution in [3.63, 3.8) is 0 Å². The number of carbonyl (C=O) groups excluding carboxylic acids is 1. The van der Waals surface area contributed by atoms with Gasteiger partial charge in [0.1, 0.15) is 0 Å². The fourth-order valence-corrected chi connectivity index (χ4v) is 1.75. The van der Waals surface area contributed by atoms with Gasteiger partial charge in [-0.25, -0.2) is 0 Å². The van der Waals surface area contributed by atoms with Crippen molar-refractivity contribution in [2.45, 2.75) is 6.04 Å². The molecule has 0 bridgehead atoms. The summed E-state index contributed by atoms with van der Waals surface area (Å²) in [4.78, 5) is 11.0. The monoisotopic (exact) mass is 260 g/mol. The average Bonchev–Trinajstić information content (AvgIpc) is 2.15. The number of rotatable bonds is 4. The second-order valence-electron chi connectivity index (χ2n) is 2.56. The Kier molecular flexibility index (Phi) is 4.36. The standard InChI is InChI=1S/C9H10NOSSe/c11-9(13)8(6-12)10-7-4-2-1-3-5-7/h1-5,8,10,12H,6H2/t8-/m0/s1. The maximum atomic E-state index is 11.0. The van der Waals surface area contributed by atoms with Gasteiger partial charge in [0.05, 0.1) is 0 Å². The Labute approximate surface area is 91.3 Å². The number of nitrogens with one attached hydrogen (secondary N) is 1. The van der Waals surface area contributed by atoms with Crippen LogP contribution >= 0.6 is 12.6 Å². The Bertz CT molecular complexity index is 278. The Morgan fingerprint density at radius 2 is 2.08 bits per heavy atom. The summed E-state index contributed by atoms with van der Waals surface area (Å²) >= 11 is 6.54. The summed E-state index contributed by atoms with van der Waals surface area (Å²) in [5.74, 6) is 0.487. The zero-order valence-electron chi connectivity index (χ0n) is 6.93.